The normalized spacial score (nSPS) is 37.9. The molecule has 2 heterocycles. The molecule has 0 bridgehead atoms. The Bertz CT molecular complexity index is 1400. The Labute approximate surface area is 311 Å². The second-order valence-electron chi connectivity index (χ2n) is 15.1. The first-order valence-corrected chi connectivity index (χ1v) is 18.2. The molecule has 1 amide bonds. The third-order valence-electron chi connectivity index (χ3n) is 10.7. The summed E-state index contributed by atoms with van der Waals surface area (Å²) in [5.74, 6) is -4.87. The van der Waals surface area contributed by atoms with Crippen molar-refractivity contribution in [2.75, 3.05) is 21.2 Å². The van der Waals surface area contributed by atoms with Crippen LogP contribution < -0.4 is 5.32 Å². The van der Waals surface area contributed by atoms with Crippen molar-refractivity contribution in [2.45, 2.75) is 141 Å². The van der Waals surface area contributed by atoms with Crippen LogP contribution in [0.4, 0.5) is 5.69 Å². The van der Waals surface area contributed by atoms with Crippen molar-refractivity contribution in [2.24, 2.45) is 17.8 Å². The maximum absolute atomic E-state index is 13.9. The van der Waals surface area contributed by atoms with Crippen LogP contribution in [0, 0.1) is 27.9 Å². The van der Waals surface area contributed by atoms with E-state index in [0.29, 0.717) is 12.0 Å². The van der Waals surface area contributed by atoms with Gasteiger partial charge in [-0.1, -0.05) is 32.9 Å². The molecular formula is C37H59N3O13. The molecule has 0 unspecified atom stereocenters. The Morgan fingerprint density at radius 2 is 1.68 bits per heavy atom. The minimum absolute atomic E-state index is 0.0328. The van der Waals surface area contributed by atoms with E-state index >= 15 is 0 Å². The average Bonchev–Trinajstić information content (AvgIpc) is 3.11. The fourth-order valence-electron chi connectivity index (χ4n) is 7.33. The fourth-order valence-corrected chi connectivity index (χ4v) is 7.33. The first-order valence-electron chi connectivity index (χ1n) is 18.2. The molecule has 0 spiro atoms. The number of ether oxygens (including phenoxy) is 5. The molecule has 2 aliphatic heterocycles. The number of carbonyl (C=O) groups excluding carboxylic acids is 3. The highest BCUT2D eigenvalue weighted by Crippen LogP contribution is 2.38. The number of aliphatic hydroxyl groups is 3. The molecule has 14 atom stereocenters. The number of carbonyl (C=O) groups is 3. The van der Waals surface area contributed by atoms with E-state index in [0.717, 1.165) is 0 Å². The molecule has 2 saturated heterocycles. The summed E-state index contributed by atoms with van der Waals surface area (Å²) in [7, 11) is 5.11. The second kappa shape index (κ2) is 18.9. The van der Waals surface area contributed by atoms with E-state index in [1.807, 2.05) is 25.9 Å². The Balaban J connectivity index is 2.15. The minimum Gasteiger partial charge on any atom is -0.461 e. The third kappa shape index (κ3) is 10.9. The van der Waals surface area contributed by atoms with Gasteiger partial charge in [0.05, 0.1) is 41.1 Å². The van der Waals surface area contributed by atoms with Crippen LogP contribution in [0.3, 0.4) is 0 Å². The predicted molar refractivity (Wildman–Crippen MR) is 191 cm³/mol. The molecule has 16 heteroatoms. The molecule has 0 saturated carbocycles. The highest BCUT2D eigenvalue weighted by molar-refractivity contribution is 5.79. The van der Waals surface area contributed by atoms with Crippen molar-refractivity contribution in [3.8, 4) is 0 Å². The summed E-state index contributed by atoms with van der Waals surface area (Å²) in [5, 5.41) is 47.5. The lowest BCUT2D eigenvalue weighted by atomic mass is 9.77. The number of nitrogens with zero attached hydrogens (tertiary/aromatic N) is 2. The topological polar surface area (TPSA) is 216 Å². The maximum Gasteiger partial charge on any atom is 0.312 e. The van der Waals surface area contributed by atoms with Crippen LogP contribution >= 0.6 is 0 Å². The van der Waals surface area contributed by atoms with Crippen molar-refractivity contribution < 1.29 is 58.3 Å². The Morgan fingerprint density at radius 1 is 1.06 bits per heavy atom. The lowest BCUT2D eigenvalue weighted by Crippen LogP contribution is -2.60. The fraction of sp³-hybridized carbons (Fsp3) is 0.757. The second-order valence-corrected chi connectivity index (χ2v) is 15.1. The molecule has 53 heavy (non-hydrogen) atoms. The quantitative estimate of drug-likeness (QED) is 0.162. The predicted octanol–water partition coefficient (Wildman–Crippen LogP) is 2.13. The summed E-state index contributed by atoms with van der Waals surface area (Å²) >= 11 is 0. The molecule has 300 valence electrons. The molecule has 1 aromatic carbocycles. The zero-order chi connectivity index (χ0) is 39.9. The van der Waals surface area contributed by atoms with Gasteiger partial charge >= 0.3 is 11.9 Å². The molecule has 4 N–H and O–H groups in total. The van der Waals surface area contributed by atoms with Crippen molar-refractivity contribution in [3.05, 3.63) is 39.9 Å². The van der Waals surface area contributed by atoms with Gasteiger partial charge in [0.2, 0.25) is 5.91 Å². The summed E-state index contributed by atoms with van der Waals surface area (Å²) in [5.41, 5.74) is -1.07. The first kappa shape index (κ1) is 44.1. The van der Waals surface area contributed by atoms with Gasteiger partial charge in [-0.3, -0.25) is 24.5 Å². The van der Waals surface area contributed by atoms with Crippen LogP contribution in [0.2, 0.25) is 0 Å². The molecule has 3 rings (SSSR count). The lowest BCUT2D eigenvalue weighted by Gasteiger charge is -2.48. The van der Waals surface area contributed by atoms with Gasteiger partial charge in [-0.15, -0.1) is 0 Å². The molecule has 0 aromatic heterocycles. The summed E-state index contributed by atoms with van der Waals surface area (Å²) in [6, 6.07) is 4.13. The van der Waals surface area contributed by atoms with Crippen molar-refractivity contribution in [1.82, 2.24) is 10.2 Å². The number of methoxy groups -OCH3 is 1. The summed E-state index contributed by atoms with van der Waals surface area (Å²) in [6.07, 6.45) is -8.86. The number of hydrogen-bond acceptors (Lipinski definition) is 14. The highest BCUT2D eigenvalue weighted by atomic mass is 16.7. The van der Waals surface area contributed by atoms with Gasteiger partial charge in [-0.25, -0.2) is 0 Å². The number of benzene rings is 1. The third-order valence-corrected chi connectivity index (χ3v) is 10.7. The Morgan fingerprint density at radius 3 is 2.23 bits per heavy atom. The number of esters is 2. The molecule has 0 aliphatic carbocycles. The van der Waals surface area contributed by atoms with E-state index < -0.39 is 95.1 Å². The molecule has 1 aromatic rings. The molecular weight excluding hydrogens is 694 g/mol. The van der Waals surface area contributed by atoms with E-state index in [-0.39, 0.29) is 37.1 Å². The van der Waals surface area contributed by atoms with E-state index in [2.05, 4.69) is 5.32 Å². The summed E-state index contributed by atoms with van der Waals surface area (Å²) in [6.45, 7) is 11.6. The SMILES string of the molecule is CC[C@H]1OC(=O)[C@H](C)[C@@H](OC(=O)Cc2ccc([N+](=O)[O-])cc2)[C@H](C)[C@@H](O[C@@H]2O[C@H](C)C[C@@H](N(C)C)[C@H]2O)[C@](C)(OC)C[C@@H](C)C(=O)N[C@H](C)[C@H](O)[C@@H]1O. The lowest BCUT2D eigenvalue weighted by molar-refractivity contribution is -0.384. The van der Waals surface area contributed by atoms with Gasteiger partial charge in [-0.05, 0) is 66.6 Å². The van der Waals surface area contributed by atoms with E-state index in [1.54, 1.807) is 27.7 Å². The number of cyclic esters (lactones) is 1. The van der Waals surface area contributed by atoms with Crippen LogP contribution in [0.15, 0.2) is 24.3 Å². The number of aliphatic hydroxyl groups excluding tert-OH is 3. The van der Waals surface area contributed by atoms with Crippen LogP contribution in [0.5, 0.6) is 0 Å². The van der Waals surface area contributed by atoms with Gasteiger partial charge in [0.1, 0.15) is 30.5 Å². The van der Waals surface area contributed by atoms with Crippen LogP contribution in [0.25, 0.3) is 0 Å². The van der Waals surface area contributed by atoms with Crippen molar-refractivity contribution in [1.29, 1.82) is 0 Å². The summed E-state index contributed by atoms with van der Waals surface area (Å²) < 4.78 is 30.8. The monoisotopic (exact) mass is 753 g/mol. The number of amides is 1. The number of nitro groups is 1. The largest absolute Gasteiger partial charge is 0.461 e. The standard InChI is InChI=1S/C37H59N3O13/c1-11-27-31(44)29(42)23(6)38-34(45)19(2)18-37(7,49-10)33(53-36-30(43)26(39(8)9)16-20(3)50-36)21(4)32(22(5)35(46)51-27)52-28(41)17-24-12-14-25(15-13-24)40(47)48/h12-15,19-23,26-27,29-33,36,42-44H,11,16-18H2,1-10H3,(H,38,45)/t19-,20-,21+,22-,23-,26-,27-,29+,30-,31-,32+,33-,36+,37-/m1/s1. The van der Waals surface area contributed by atoms with E-state index in [4.69, 9.17) is 23.7 Å². The maximum atomic E-state index is 13.9. The molecule has 16 nitrogen and oxygen atoms in total. The zero-order valence-electron chi connectivity index (χ0n) is 32.5. The number of non-ortho nitro benzene ring substituents is 1. The van der Waals surface area contributed by atoms with Gasteiger partial charge in [-0.2, -0.15) is 0 Å². The van der Waals surface area contributed by atoms with Crippen LogP contribution in [-0.2, 0) is 44.5 Å². The Hall–Kier alpha value is -3.25. The van der Waals surface area contributed by atoms with Crippen molar-refractivity contribution >= 4 is 23.5 Å². The number of rotatable bonds is 9. The van der Waals surface area contributed by atoms with Crippen LogP contribution in [0.1, 0.15) is 73.3 Å². The van der Waals surface area contributed by atoms with Crippen molar-refractivity contribution in [3.63, 3.8) is 0 Å². The van der Waals surface area contributed by atoms with E-state index in [1.165, 1.54) is 45.2 Å². The van der Waals surface area contributed by atoms with Crippen LogP contribution in [-0.4, -0.2) is 131 Å². The zero-order valence-corrected chi connectivity index (χ0v) is 32.5. The first-order chi connectivity index (χ1) is 24.7. The summed E-state index contributed by atoms with van der Waals surface area (Å²) in [4.78, 5) is 53.6. The minimum atomic E-state index is -1.57. The number of likely N-dealkylation sites (N-methyl/N-ethyl adjacent to an activating group) is 1. The average molecular weight is 754 g/mol. The van der Waals surface area contributed by atoms with Gasteiger partial charge in [0, 0.05) is 37.1 Å². The molecule has 2 fully saturated rings. The number of hydrogen-bond donors (Lipinski definition) is 4. The molecule has 0 radical (unpaired) electrons. The van der Waals surface area contributed by atoms with Gasteiger partial charge in [0.15, 0.2) is 6.29 Å². The highest BCUT2D eigenvalue weighted by Gasteiger charge is 2.51. The van der Waals surface area contributed by atoms with Gasteiger partial charge < -0.3 is 49.2 Å². The molecule has 2 aliphatic rings. The smallest absolute Gasteiger partial charge is 0.312 e. The number of nitrogens with one attached hydrogen (secondary N) is 1. The van der Waals surface area contributed by atoms with Gasteiger partial charge in [0.25, 0.3) is 5.69 Å². The van der Waals surface area contributed by atoms with E-state index in [9.17, 15) is 39.8 Å². The Kier molecular flexibility index (Phi) is 15.7. The number of nitro benzene ring substituents is 1.